The Hall–Kier alpha value is -3.86. The zero-order valence-electron chi connectivity index (χ0n) is 18.1. The van der Waals surface area contributed by atoms with E-state index in [0.717, 1.165) is 17.5 Å². The lowest BCUT2D eigenvalue weighted by atomic mass is 9.97. The number of hydrazone groups is 1. The highest BCUT2D eigenvalue weighted by Crippen LogP contribution is 2.26. The number of nitrogens with zero attached hydrogens (tertiary/aromatic N) is 5. The number of aromatic nitrogens is 2. The van der Waals surface area contributed by atoms with Crippen molar-refractivity contribution in [3.05, 3.63) is 70.6 Å². The van der Waals surface area contributed by atoms with Crippen molar-refractivity contribution in [2.75, 3.05) is 13.6 Å². The van der Waals surface area contributed by atoms with Crippen LogP contribution in [0.1, 0.15) is 52.3 Å². The molecule has 1 unspecified atom stereocenters. The molecule has 0 saturated heterocycles. The fourth-order valence-corrected chi connectivity index (χ4v) is 3.51. The zero-order valence-corrected chi connectivity index (χ0v) is 18.1. The summed E-state index contributed by atoms with van der Waals surface area (Å²) >= 11 is 0. The Bertz CT molecular complexity index is 1190. The number of rotatable bonds is 6. The standard InChI is InChI=1S/C22H23F2N7O2/c1-12(13-3-6-15(7-4-13)20-27-28-21(33-20)18(23)24)31(26)29-19(25)16-8-5-14-9-10-30(2)22(32)17(14)11-16/h3-8,11-12,18H,9-10,26H2,1-2H3,(H2,25,29). The van der Waals surface area contributed by atoms with E-state index in [4.69, 9.17) is 16.0 Å². The summed E-state index contributed by atoms with van der Waals surface area (Å²) in [5.41, 5.74) is 9.66. The highest BCUT2D eigenvalue weighted by Gasteiger charge is 2.22. The van der Waals surface area contributed by atoms with Crippen LogP contribution in [0.3, 0.4) is 0 Å². The SMILES string of the molecule is CC(c1ccc(-c2nnc(C(F)F)o2)cc1)N(N)/N=C(\N)c1ccc2c(c1)C(=O)N(C)CC2. The fourth-order valence-electron chi connectivity index (χ4n) is 3.51. The molecule has 4 N–H and O–H groups in total. The molecule has 172 valence electrons. The van der Waals surface area contributed by atoms with Gasteiger partial charge in [0.2, 0.25) is 5.89 Å². The number of likely N-dealkylation sites (N-methyl/N-ethyl adjacent to an activating group) is 1. The Balaban J connectivity index is 1.49. The minimum absolute atomic E-state index is 0.00368. The number of halogens is 2. The van der Waals surface area contributed by atoms with Crippen molar-refractivity contribution in [1.82, 2.24) is 20.2 Å². The number of amides is 1. The summed E-state index contributed by atoms with van der Waals surface area (Å²) in [5.74, 6) is 5.53. The summed E-state index contributed by atoms with van der Waals surface area (Å²) in [6.45, 7) is 2.51. The highest BCUT2D eigenvalue weighted by molar-refractivity contribution is 6.02. The van der Waals surface area contributed by atoms with E-state index in [1.807, 2.05) is 19.1 Å². The van der Waals surface area contributed by atoms with Gasteiger partial charge in [-0.25, -0.2) is 11.0 Å². The third kappa shape index (κ3) is 4.53. The van der Waals surface area contributed by atoms with E-state index in [1.165, 1.54) is 5.12 Å². The van der Waals surface area contributed by atoms with Crippen molar-refractivity contribution < 1.29 is 18.0 Å². The van der Waals surface area contributed by atoms with E-state index < -0.39 is 12.3 Å². The van der Waals surface area contributed by atoms with E-state index in [0.29, 0.717) is 23.2 Å². The smallest absolute Gasteiger partial charge is 0.314 e. The molecule has 1 aromatic heterocycles. The topological polar surface area (TPSA) is 127 Å². The Labute approximate surface area is 188 Å². The van der Waals surface area contributed by atoms with Gasteiger partial charge in [-0.2, -0.15) is 8.78 Å². The average Bonchev–Trinajstić information content (AvgIpc) is 3.31. The lowest BCUT2D eigenvalue weighted by Crippen LogP contribution is -2.35. The van der Waals surface area contributed by atoms with Gasteiger partial charge in [-0.15, -0.1) is 15.3 Å². The maximum atomic E-state index is 12.6. The van der Waals surface area contributed by atoms with Gasteiger partial charge in [-0.3, -0.25) is 4.79 Å². The lowest BCUT2D eigenvalue weighted by Gasteiger charge is -2.25. The van der Waals surface area contributed by atoms with Crippen LogP contribution in [0.25, 0.3) is 11.5 Å². The number of alkyl halides is 2. The summed E-state index contributed by atoms with van der Waals surface area (Å²) < 4.78 is 30.2. The van der Waals surface area contributed by atoms with Crippen LogP contribution in [-0.4, -0.2) is 45.6 Å². The van der Waals surface area contributed by atoms with Gasteiger partial charge >= 0.3 is 6.43 Å². The molecule has 0 radical (unpaired) electrons. The molecular weight excluding hydrogens is 432 g/mol. The van der Waals surface area contributed by atoms with Gasteiger partial charge in [-0.05, 0) is 42.7 Å². The Morgan fingerprint density at radius 3 is 2.61 bits per heavy atom. The first kappa shape index (κ1) is 22.3. The first-order valence-electron chi connectivity index (χ1n) is 10.2. The predicted molar refractivity (Wildman–Crippen MR) is 117 cm³/mol. The van der Waals surface area contributed by atoms with Gasteiger partial charge in [-0.1, -0.05) is 24.3 Å². The van der Waals surface area contributed by atoms with Crippen LogP contribution in [0.4, 0.5) is 8.78 Å². The number of benzene rings is 2. The van der Waals surface area contributed by atoms with E-state index in [1.54, 1.807) is 42.3 Å². The van der Waals surface area contributed by atoms with Crippen molar-refractivity contribution in [3.63, 3.8) is 0 Å². The minimum Gasteiger partial charge on any atom is -0.415 e. The van der Waals surface area contributed by atoms with Crippen molar-refractivity contribution in [3.8, 4) is 11.5 Å². The molecule has 0 spiro atoms. The van der Waals surface area contributed by atoms with Gasteiger partial charge in [0.25, 0.3) is 11.8 Å². The number of amidine groups is 1. The summed E-state index contributed by atoms with van der Waals surface area (Å²) in [7, 11) is 1.76. The molecule has 0 fully saturated rings. The van der Waals surface area contributed by atoms with Crippen molar-refractivity contribution in [1.29, 1.82) is 0 Å². The summed E-state index contributed by atoms with van der Waals surface area (Å²) in [6, 6.07) is 11.9. The normalized spacial score (nSPS) is 15.0. The number of hydrogen-bond donors (Lipinski definition) is 2. The molecule has 0 saturated carbocycles. The van der Waals surface area contributed by atoms with Gasteiger partial charge in [0.15, 0.2) is 5.84 Å². The van der Waals surface area contributed by atoms with Gasteiger partial charge in [0, 0.05) is 30.3 Å². The quantitative estimate of drug-likeness (QED) is 0.253. The summed E-state index contributed by atoms with van der Waals surface area (Å²) in [4.78, 5) is 14.1. The van der Waals surface area contributed by atoms with Crippen LogP contribution in [0.2, 0.25) is 0 Å². The van der Waals surface area contributed by atoms with E-state index in [-0.39, 0.29) is 23.7 Å². The molecule has 2 heterocycles. The number of hydrazine groups is 1. The van der Waals surface area contributed by atoms with Gasteiger partial charge in [0.05, 0.1) is 6.04 Å². The van der Waals surface area contributed by atoms with Gasteiger partial charge in [0.1, 0.15) is 0 Å². The lowest BCUT2D eigenvalue weighted by molar-refractivity contribution is 0.0781. The molecule has 33 heavy (non-hydrogen) atoms. The maximum Gasteiger partial charge on any atom is 0.314 e. The van der Waals surface area contributed by atoms with Crippen molar-refractivity contribution in [2.45, 2.75) is 25.8 Å². The number of fused-ring (bicyclic) bond motifs is 1. The summed E-state index contributed by atoms with van der Waals surface area (Å²) in [5, 5.41) is 12.5. The molecular formula is C22H23F2N7O2. The number of carbonyl (C=O) groups excluding carboxylic acids is 1. The zero-order chi connectivity index (χ0) is 23.7. The largest absolute Gasteiger partial charge is 0.415 e. The third-order valence-electron chi connectivity index (χ3n) is 5.59. The van der Waals surface area contributed by atoms with Crippen LogP contribution >= 0.6 is 0 Å². The van der Waals surface area contributed by atoms with E-state index >= 15 is 0 Å². The second kappa shape index (κ2) is 8.94. The Morgan fingerprint density at radius 1 is 1.21 bits per heavy atom. The molecule has 1 aliphatic heterocycles. The van der Waals surface area contributed by atoms with Crippen LogP contribution < -0.4 is 11.6 Å². The summed E-state index contributed by atoms with van der Waals surface area (Å²) in [6.07, 6.45) is -2.04. The van der Waals surface area contributed by atoms with E-state index in [2.05, 4.69) is 15.3 Å². The molecule has 9 nitrogen and oxygen atoms in total. The molecule has 1 aliphatic rings. The van der Waals surface area contributed by atoms with Crippen LogP contribution in [-0.2, 0) is 6.42 Å². The molecule has 0 bridgehead atoms. The minimum atomic E-state index is -2.83. The molecule has 11 heteroatoms. The maximum absolute atomic E-state index is 12.6. The predicted octanol–water partition coefficient (Wildman–Crippen LogP) is 2.86. The number of carbonyl (C=O) groups is 1. The van der Waals surface area contributed by atoms with E-state index in [9.17, 15) is 13.6 Å². The van der Waals surface area contributed by atoms with Crippen LogP contribution in [0.5, 0.6) is 0 Å². The van der Waals surface area contributed by atoms with Crippen molar-refractivity contribution in [2.24, 2.45) is 16.7 Å². The number of nitrogens with two attached hydrogens (primary N) is 2. The molecule has 0 aliphatic carbocycles. The second-order valence-electron chi connectivity index (χ2n) is 7.76. The molecule has 1 amide bonds. The Kier molecular flexibility index (Phi) is 6.05. The molecule has 4 rings (SSSR count). The first-order valence-corrected chi connectivity index (χ1v) is 10.2. The van der Waals surface area contributed by atoms with Gasteiger partial charge < -0.3 is 15.1 Å². The number of hydrogen-bond acceptors (Lipinski definition) is 7. The first-order chi connectivity index (χ1) is 15.7. The fraction of sp³-hybridized carbons (Fsp3) is 0.273. The Morgan fingerprint density at radius 2 is 1.94 bits per heavy atom. The molecule has 3 aromatic rings. The average molecular weight is 455 g/mol. The van der Waals surface area contributed by atoms with Crippen molar-refractivity contribution >= 4 is 11.7 Å². The monoisotopic (exact) mass is 455 g/mol. The van der Waals surface area contributed by atoms with Crippen LogP contribution in [0, 0.1) is 0 Å². The molecule has 1 atom stereocenters. The second-order valence-corrected chi connectivity index (χ2v) is 7.76. The highest BCUT2D eigenvalue weighted by atomic mass is 19.3. The molecule has 2 aromatic carbocycles. The van der Waals surface area contributed by atoms with Crippen LogP contribution in [0.15, 0.2) is 52.0 Å². The third-order valence-corrected chi connectivity index (χ3v) is 5.59.